The van der Waals surface area contributed by atoms with Gasteiger partial charge in [0, 0.05) is 17.6 Å². The average molecular weight is 316 g/mol. The lowest BCUT2D eigenvalue weighted by atomic mass is 9.49. The van der Waals surface area contributed by atoms with E-state index in [9.17, 15) is 15.3 Å². The Morgan fingerprint density at radius 1 is 1.13 bits per heavy atom. The predicted molar refractivity (Wildman–Crippen MR) is 89.7 cm³/mol. The minimum Gasteiger partial charge on any atom is -0.509 e. The van der Waals surface area contributed by atoms with Gasteiger partial charge in [-0.25, -0.2) is 0 Å². The summed E-state index contributed by atoms with van der Waals surface area (Å²) in [6.07, 6.45) is 11.9. The largest absolute Gasteiger partial charge is 0.509 e. The Balaban J connectivity index is 1.75. The molecule has 126 valence electrons. The van der Waals surface area contributed by atoms with Crippen molar-refractivity contribution in [1.82, 2.24) is 0 Å². The lowest BCUT2D eigenvalue weighted by molar-refractivity contribution is -0.0137. The van der Waals surface area contributed by atoms with E-state index in [1.807, 2.05) is 0 Å². The number of aliphatic hydroxyl groups is 3. The van der Waals surface area contributed by atoms with Crippen LogP contribution in [-0.4, -0.2) is 28.0 Å². The SMILES string of the molecule is C[C@]12CC[C@H]3[C@@H](C=CC4=C(O)C(O)C=C[C@@]43C)[C@@H]1CC[C@H]2CO. The molecule has 3 nitrogen and oxygen atoms in total. The third kappa shape index (κ3) is 1.90. The zero-order valence-corrected chi connectivity index (χ0v) is 14.1. The van der Waals surface area contributed by atoms with Crippen LogP contribution < -0.4 is 0 Å². The van der Waals surface area contributed by atoms with Gasteiger partial charge in [0.1, 0.15) is 11.9 Å². The van der Waals surface area contributed by atoms with E-state index < -0.39 is 6.10 Å². The van der Waals surface area contributed by atoms with Crippen LogP contribution in [0.3, 0.4) is 0 Å². The van der Waals surface area contributed by atoms with Crippen molar-refractivity contribution < 1.29 is 15.3 Å². The fraction of sp³-hybridized carbons (Fsp3) is 0.700. The first-order chi connectivity index (χ1) is 10.9. The van der Waals surface area contributed by atoms with E-state index in [1.165, 1.54) is 6.42 Å². The standard InChI is InChI=1S/C20H28O3/c1-19-9-7-15-13(14(19)5-3-12(19)11-21)4-6-16-18(23)17(22)8-10-20(15,16)2/h4,6,8,10,12-15,17,21-23H,3,5,7,9,11H2,1-2H3/t12-,13-,14-,15-,17?,19+,20+/m0/s1. The molecular weight excluding hydrogens is 288 g/mol. The summed E-state index contributed by atoms with van der Waals surface area (Å²) in [6, 6.07) is 0. The molecule has 3 N–H and O–H groups in total. The second-order valence-electron chi connectivity index (χ2n) is 8.54. The van der Waals surface area contributed by atoms with Crippen LogP contribution in [0, 0.1) is 34.5 Å². The summed E-state index contributed by atoms with van der Waals surface area (Å²) in [4.78, 5) is 0. The molecular formula is C20H28O3. The van der Waals surface area contributed by atoms with Gasteiger partial charge in [0.15, 0.2) is 0 Å². The summed E-state index contributed by atoms with van der Waals surface area (Å²) in [7, 11) is 0. The molecule has 3 heteroatoms. The fourth-order valence-electron chi connectivity index (χ4n) is 6.27. The summed E-state index contributed by atoms with van der Waals surface area (Å²) >= 11 is 0. The molecule has 2 saturated carbocycles. The molecule has 0 heterocycles. The summed E-state index contributed by atoms with van der Waals surface area (Å²) < 4.78 is 0. The van der Waals surface area contributed by atoms with Crippen LogP contribution in [0.15, 0.2) is 35.6 Å². The average Bonchev–Trinajstić information content (AvgIpc) is 2.88. The molecule has 0 aromatic carbocycles. The third-order valence-electron chi connectivity index (χ3n) is 7.77. The zero-order valence-electron chi connectivity index (χ0n) is 14.1. The minimum absolute atomic E-state index is 0.123. The molecule has 0 amide bonds. The van der Waals surface area contributed by atoms with E-state index in [0.717, 1.165) is 24.8 Å². The summed E-state index contributed by atoms with van der Waals surface area (Å²) in [5, 5.41) is 30.0. The molecule has 4 rings (SSSR count). The summed E-state index contributed by atoms with van der Waals surface area (Å²) in [6.45, 7) is 4.90. The quantitative estimate of drug-likeness (QED) is 0.650. The smallest absolute Gasteiger partial charge is 0.129 e. The Morgan fingerprint density at radius 2 is 1.91 bits per heavy atom. The van der Waals surface area contributed by atoms with Crippen LogP contribution in [0.4, 0.5) is 0 Å². The summed E-state index contributed by atoms with van der Waals surface area (Å²) in [5.74, 6) is 2.16. The highest BCUT2D eigenvalue weighted by Gasteiger charge is 2.57. The highest BCUT2D eigenvalue weighted by Crippen LogP contribution is 2.64. The highest BCUT2D eigenvalue weighted by molar-refractivity contribution is 5.44. The Kier molecular flexibility index (Phi) is 3.34. The maximum Gasteiger partial charge on any atom is 0.129 e. The van der Waals surface area contributed by atoms with Gasteiger partial charge in [-0.15, -0.1) is 0 Å². The van der Waals surface area contributed by atoms with Crippen molar-refractivity contribution in [3.05, 3.63) is 35.6 Å². The number of aliphatic hydroxyl groups excluding tert-OH is 3. The van der Waals surface area contributed by atoms with Crippen molar-refractivity contribution in [1.29, 1.82) is 0 Å². The molecule has 0 bridgehead atoms. The van der Waals surface area contributed by atoms with E-state index in [1.54, 1.807) is 6.08 Å². The Morgan fingerprint density at radius 3 is 2.65 bits per heavy atom. The van der Waals surface area contributed by atoms with Crippen LogP contribution in [0.1, 0.15) is 39.5 Å². The monoisotopic (exact) mass is 316 g/mol. The number of rotatable bonds is 1. The highest BCUT2D eigenvalue weighted by atomic mass is 16.3. The number of fused-ring (bicyclic) bond motifs is 5. The molecule has 7 atom stereocenters. The molecule has 0 aliphatic heterocycles. The van der Waals surface area contributed by atoms with Gasteiger partial charge >= 0.3 is 0 Å². The van der Waals surface area contributed by atoms with Crippen molar-refractivity contribution in [2.45, 2.75) is 45.6 Å². The van der Waals surface area contributed by atoms with Crippen molar-refractivity contribution in [3.8, 4) is 0 Å². The third-order valence-corrected chi connectivity index (χ3v) is 7.77. The van der Waals surface area contributed by atoms with E-state index in [-0.39, 0.29) is 16.6 Å². The van der Waals surface area contributed by atoms with Crippen molar-refractivity contribution >= 4 is 0 Å². The summed E-state index contributed by atoms with van der Waals surface area (Å²) in [5.41, 5.74) is 0.966. The van der Waals surface area contributed by atoms with Crippen LogP contribution in [0.5, 0.6) is 0 Å². The van der Waals surface area contributed by atoms with Crippen molar-refractivity contribution in [2.24, 2.45) is 34.5 Å². The van der Waals surface area contributed by atoms with E-state index >= 15 is 0 Å². The normalized spacial score (nSPS) is 51.4. The molecule has 4 aliphatic rings. The first-order valence-corrected chi connectivity index (χ1v) is 9.02. The zero-order chi connectivity index (χ0) is 16.4. The van der Waals surface area contributed by atoms with E-state index in [2.05, 4.69) is 32.1 Å². The first-order valence-electron chi connectivity index (χ1n) is 9.02. The van der Waals surface area contributed by atoms with Gasteiger partial charge in [-0.05, 0) is 54.8 Å². The Labute approximate surface area is 138 Å². The molecule has 23 heavy (non-hydrogen) atoms. The minimum atomic E-state index is -0.863. The van der Waals surface area contributed by atoms with Gasteiger partial charge in [-0.1, -0.05) is 38.2 Å². The van der Waals surface area contributed by atoms with Gasteiger partial charge in [0.05, 0.1) is 0 Å². The molecule has 0 radical (unpaired) electrons. The maximum atomic E-state index is 10.3. The second kappa shape index (κ2) is 4.97. The molecule has 4 aliphatic carbocycles. The lowest BCUT2D eigenvalue weighted by Gasteiger charge is -2.55. The van der Waals surface area contributed by atoms with Crippen LogP contribution in [0.2, 0.25) is 0 Å². The van der Waals surface area contributed by atoms with Gasteiger partial charge < -0.3 is 15.3 Å². The first kappa shape index (κ1) is 15.5. The van der Waals surface area contributed by atoms with Crippen molar-refractivity contribution in [2.75, 3.05) is 6.61 Å². The van der Waals surface area contributed by atoms with Gasteiger partial charge in [-0.3, -0.25) is 0 Å². The number of allylic oxidation sites excluding steroid dienone is 4. The van der Waals surface area contributed by atoms with Gasteiger partial charge in [-0.2, -0.15) is 0 Å². The van der Waals surface area contributed by atoms with Gasteiger partial charge in [0.2, 0.25) is 0 Å². The van der Waals surface area contributed by atoms with Crippen LogP contribution in [0.25, 0.3) is 0 Å². The maximum absolute atomic E-state index is 10.3. The molecule has 0 spiro atoms. The molecule has 2 fully saturated rings. The molecule has 0 saturated heterocycles. The van der Waals surface area contributed by atoms with Crippen LogP contribution >= 0.6 is 0 Å². The number of hydrogen-bond acceptors (Lipinski definition) is 3. The van der Waals surface area contributed by atoms with Crippen LogP contribution in [-0.2, 0) is 0 Å². The van der Waals surface area contributed by atoms with E-state index in [0.29, 0.717) is 30.3 Å². The lowest BCUT2D eigenvalue weighted by Crippen LogP contribution is -2.48. The molecule has 1 unspecified atom stereocenters. The fourth-order valence-corrected chi connectivity index (χ4v) is 6.27. The Hall–Kier alpha value is -1.06. The Bertz CT molecular complexity index is 604. The molecule has 0 aromatic rings. The topological polar surface area (TPSA) is 60.7 Å². The van der Waals surface area contributed by atoms with Gasteiger partial charge in [0.25, 0.3) is 0 Å². The predicted octanol–water partition coefficient (Wildman–Crippen LogP) is 3.36. The van der Waals surface area contributed by atoms with E-state index in [4.69, 9.17) is 0 Å². The number of hydrogen-bond donors (Lipinski definition) is 3. The van der Waals surface area contributed by atoms with Crippen molar-refractivity contribution in [3.63, 3.8) is 0 Å². The second-order valence-corrected chi connectivity index (χ2v) is 8.54. The molecule has 0 aromatic heterocycles.